The third kappa shape index (κ3) is 5.42. The Morgan fingerprint density at radius 3 is 1.39 bits per heavy atom. The Morgan fingerprint density at radius 1 is 0.786 bits per heavy atom. The van der Waals surface area contributed by atoms with Crippen molar-refractivity contribution in [3.63, 3.8) is 0 Å². The fourth-order valence-electron chi connectivity index (χ4n) is 3.51. The maximum absolute atomic E-state index is 11.7. The van der Waals surface area contributed by atoms with Crippen molar-refractivity contribution >= 4 is 11.9 Å². The zero-order valence-electron chi connectivity index (χ0n) is 17.8. The highest BCUT2D eigenvalue weighted by molar-refractivity contribution is 5.87. The number of esters is 2. The monoisotopic (exact) mass is 388 g/mol. The summed E-state index contributed by atoms with van der Waals surface area (Å²) < 4.78 is 11.0. The normalized spacial score (nSPS) is 25.1. The van der Waals surface area contributed by atoms with E-state index >= 15 is 0 Å². The molecule has 28 heavy (non-hydrogen) atoms. The van der Waals surface area contributed by atoms with Crippen molar-refractivity contribution in [3.8, 4) is 0 Å². The van der Waals surface area contributed by atoms with Crippen LogP contribution in [0.15, 0.2) is 46.6 Å². The van der Waals surface area contributed by atoms with Crippen LogP contribution in [0.25, 0.3) is 0 Å². The Bertz CT molecular complexity index is 655. The number of carbonyl (C=O) groups excluding carboxylic acids is 2. The second-order valence-corrected chi connectivity index (χ2v) is 7.38. The first-order chi connectivity index (χ1) is 13.3. The third-order valence-electron chi connectivity index (χ3n) is 4.52. The number of carbonyl (C=O) groups is 2. The van der Waals surface area contributed by atoms with Crippen LogP contribution >= 0.6 is 0 Å². The van der Waals surface area contributed by atoms with Gasteiger partial charge >= 0.3 is 11.9 Å². The molecule has 0 aliphatic carbocycles. The van der Waals surface area contributed by atoms with E-state index in [1.54, 1.807) is 12.2 Å². The highest BCUT2D eigenvalue weighted by Gasteiger charge is 2.37. The van der Waals surface area contributed by atoms with Gasteiger partial charge in [0.2, 0.25) is 0 Å². The summed E-state index contributed by atoms with van der Waals surface area (Å²) >= 11 is 0. The van der Waals surface area contributed by atoms with Crippen LogP contribution in [0.3, 0.4) is 0 Å². The Hall–Kier alpha value is -2.18. The van der Waals surface area contributed by atoms with Gasteiger partial charge in [-0.1, -0.05) is 37.1 Å². The van der Waals surface area contributed by atoms with E-state index in [2.05, 4.69) is 9.80 Å². The van der Waals surface area contributed by atoms with Gasteiger partial charge in [-0.2, -0.15) is 0 Å². The van der Waals surface area contributed by atoms with E-state index in [1.807, 2.05) is 53.7 Å². The molecule has 154 valence electrons. The lowest BCUT2D eigenvalue weighted by atomic mass is 10.1. The third-order valence-corrected chi connectivity index (χ3v) is 4.52. The summed E-state index contributed by atoms with van der Waals surface area (Å²) in [4.78, 5) is 27.7. The van der Waals surface area contributed by atoms with Gasteiger partial charge in [0.05, 0.1) is 0 Å². The highest BCUT2D eigenvalue weighted by atomic mass is 16.6. The first kappa shape index (κ1) is 22.1. The molecule has 0 radical (unpaired) electrons. The quantitative estimate of drug-likeness (QED) is 0.690. The number of piperazine rings is 1. The molecule has 3 aliphatic rings. The predicted octanol–water partition coefficient (Wildman–Crippen LogP) is 3.18. The van der Waals surface area contributed by atoms with Crippen LogP contribution < -0.4 is 0 Å². The van der Waals surface area contributed by atoms with Crippen molar-refractivity contribution in [2.24, 2.45) is 0 Å². The van der Waals surface area contributed by atoms with Crippen molar-refractivity contribution in [2.45, 2.75) is 54.0 Å². The van der Waals surface area contributed by atoms with Crippen LogP contribution in [0.1, 0.15) is 41.5 Å². The van der Waals surface area contributed by atoms with Gasteiger partial charge in [-0.3, -0.25) is 9.80 Å². The molecule has 6 heteroatoms. The van der Waals surface area contributed by atoms with E-state index in [0.717, 1.165) is 48.5 Å². The SMILES string of the molecule is CC.CC(C)=CC1=CC(=O)OC1N1CCN(C2OC(=O)C=C2C=C(C)C)CC1. The largest absolute Gasteiger partial charge is 0.439 e. The Labute approximate surface area is 168 Å². The van der Waals surface area contributed by atoms with E-state index in [-0.39, 0.29) is 24.4 Å². The zero-order valence-corrected chi connectivity index (χ0v) is 17.8. The molecule has 1 fully saturated rings. The molecule has 0 spiro atoms. The minimum atomic E-state index is -0.321. The van der Waals surface area contributed by atoms with Crippen LogP contribution in [-0.2, 0) is 19.1 Å². The Kier molecular flexibility index (Phi) is 7.78. The number of hydrogen-bond donors (Lipinski definition) is 0. The summed E-state index contributed by atoms with van der Waals surface area (Å²) in [6, 6.07) is 0. The van der Waals surface area contributed by atoms with Crippen molar-refractivity contribution in [1.82, 2.24) is 9.80 Å². The molecule has 0 N–H and O–H groups in total. The molecule has 0 amide bonds. The highest BCUT2D eigenvalue weighted by Crippen LogP contribution is 2.26. The van der Waals surface area contributed by atoms with E-state index in [4.69, 9.17) is 9.47 Å². The topological polar surface area (TPSA) is 59.1 Å². The second kappa shape index (κ2) is 9.85. The molecule has 0 aromatic heterocycles. The lowest BCUT2D eigenvalue weighted by Crippen LogP contribution is -2.54. The molecule has 0 saturated carbocycles. The zero-order chi connectivity index (χ0) is 20.8. The van der Waals surface area contributed by atoms with Gasteiger partial charge in [-0.05, 0) is 27.7 Å². The molecule has 0 bridgehead atoms. The number of cyclic esters (lactones) is 2. The first-order valence-electron chi connectivity index (χ1n) is 9.96. The van der Waals surface area contributed by atoms with Crippen molar-refractivity contribution in [1.29, 1.82) is 0 Å². The van der Waals surface area contributed by atoms with Crippen molar-refractivity contribution in [3.05, 3.63) is 46.6 Å². The summed E-state index contributed by atoms with van der Waals surface area (Å²) in [7, 11) is 0. The number of nitrogens with zero attached hydrogens (tertiary/aromatic N) is 2. The van der Waals surface area contributed by atoms with E-state index in [1.165, 1.54) is 0 Å². The Morgan fingerprint density at radius 2 is 1.11 bits per heavy atom. The van der Waals surface area contributed by atoms with Gasteiger partial charge in [-0.15, -0.1) is 0 Å². The van der Waals surface area contributed by atoms with Gasteiger partial charge in [0.15, 0.2) is 12.5 Å². The van der Waals surface area contributed by atoms with Gasteiger partial charge in [0, 0.05) is 49.5 Å². The molecule has 1 saturated heterocycles. The molecule has 0 aromatic rings. The fourth-order valence-corrected chi connectivity index (χ4v) is 3.51. The predicted molar refractivity (Wildman–Crippen MR) is 109 cm³/mol. The maximum atomic E-state index is 11.7. The molecule has 2 unspecified atom stereocenters. The molecule has 3 rings (SSSR count). The molecular weight excluding hydrogens is 356 g/mol. The standard InChI is InChI=1S/C20H26N2O4.C2H6/c1-13(2)9-15-11-17(23)25-19(15)21-5-7-22(8-6-21)20-16(10-14(3)4)12-18(24)26-20;1-2/h9-12,19-20H,5-8H2,1-4H3;1-2H3. The van der Waals surface area contributed by atoms with Gasteiger partial charge in [0.25, 0.3) is 0 Å². The first-order valence-corrected chi connectivity index (χ1v) is 9.96. The van der Waals surface area contributed by atoms with Gasteiger partial charge < -0.3 is 9.47 Å². The Balaban J connectivity index is 0.00000136. The summed E-state index contributed by atoms with van der Waals surface area (Å²) in [5.41, 5.74) is 4.07. The van der Waals surface area contributed by atoms with Crippen LogP contribution in [-0.4, -0.2) is 60.4 Å². The number of ether oxygens (including phenoxy) is 2. The fraction of sp³-hybridized carbons (Fsp3) is 0.545. The lowest BCUT2D eigenvalue weighted by Gasteiger charge is -2.39. The van der Waals surface area contributed by atoms with Crippen molar-refractivity contribution < 1.29 is 19.1 Å². The summed E-state index contributed by atoms with van der Waals surface area (Å²) in [6.07, 6.45) is 6.49. The molecular formula is C22H32N2O4. The van der Waals surface area contributed by atoms with E-state index in [0.29, 0.717) is 0 Å². The van der Waals surface area contributed by atoms with Crippen molar-refractivity contribution in [2.75, 3.05) is 26.2 Å². The summed E-state index contributed by atoms with van der Waals surface area (Å²) in [5, 5.41) is 0. The summed E-state index contributed by atoms with van der Waals surface area (Å²) in [5.74, 6) is -0.577. The second-order valence-electron chi connectivity index (χ2n) is 7.38. The lowest BCUT2D eigenvalue weighted by molar-refractivity contribution is -0.153. The average Bonchev–Trinajstić information content (AvgIpc) is 3.18. The van der Waals surface area contributed by atoms with E-state index < -0.39 is 0 Å². The molecule has 6 nitrogen and oxygen atoms in total. The van der Waals surface area contributed by atoms with Crippen LogP contribution in [0.5, 0.6) is 0 Å². The maximum Gasteiger partial charge on any atom is 0.333 e. The van der Waals surface area contributed by atoms with Crippen LogP contribution in [0.2, 0.25) is 0 Å². The average molecular weight is 389 g/mol. The molecule has 3 heterocycles. The number of rotatable bonds is 4. The number of hydrogen-bond acceptors (Lipinski definition) is 6. The molecule has 0 aromatic carbocycles. The van der Waals surface area contributed by atoms with Gasteiger partial charge in [0.1, 0.15) is 0 Å². The molecule has 2 atom stereocenters. The van der Waals surface area contributed by atoms with E-state index in [9.17, 15) is 9.59 Å². The minimum absolute atomic E-state index is 0.288. The van der Waals surface area contributed by atoms with Crippen LogP contribution in [0, 0.1) is 0 Å². The minimum Gasteiger partial charge on any atom is -0.439 e. The van der Waals surface area contributed by atoms with Crippen LogP contribution in [0.4, 0.5) is 0 Å². The van der Waals surface area contributed by atoms with Gasteiger partial charge in [-0.25, -0.2) is 9.59 Å². The number of allylic oxidation sites excluding steroid dienone is 2. The molecule has 3 aliphatic heterocycles. The smallest absolute Gasteiger partial charge is 0.333 e. The summed E-state index contributed by atoms with van der Waals surface area (Å²) in [6.45, 7) is 15.0.